The standard InChI is InChI=1S/C16H24N2SSi/c1-12-10-18-16(19-12)13(2)17-11-14-6-8-15(9-7-14)20(3,4)5/h6-10,13,17H,11H2,1-5H3. The quantitative estimate of drug-likeness (QED) is 0.849. The third-order valence-corrected chi connectivity index (χ3v) is 6.60. The van der Waals surface area contributed by atoms with Gasteiger partial charge < -0.3 is 5.32 Å². The first kappa shape index (κ1) is 15.4. The molecule has 0 fully saturated rings. The summed E-state index contributed by atoms with van der Waals surface area (Å²) in [6, 6.07) is 9.40. The number of benzene rings is 1. The Labute approximate surface area is 127 Å². The van der Waals surface area contributed by atoms with Crippen molar-refractivity contribution in [3.8, 4) is 0 Å². The maximum atomic E-state index is 4.44. The molecule has 0 amide bonds. The van der Waals surface area contributed by atoms with Crippen LogP contribution >= 0.6 is 11.3 Å². The number of nitrogens with zero attached hydrogens (tertiary/aromatic N) is 1. The summed E-state index contributed by atoms with van der Waals surface area (Å²) in [7, 11) is -1.18. The fourth-order valence-electron chi connectivity index (χ4n) is 2.05. The van der Waals surface area contributed by atoms with Crippen LogP contribution in [0.2, 0.25) is 19.6 Å². The first-order chi connectivity index (χ1) is 9.36. The molecule has 0 saturated heterocycles. The van der Waals surface area contributed by atoms with Gasteiger partial charge in [0, 0.05) is 17.6 Å². The summed E-state index contributed by atoms with van der Waals surface area (Å²) in [6.07, 6.45) is 1.95. The van der Waals surface area contributed by atoms with Crippen molar-refractivity contribution in [2.75, 3.05) is 0 Å². The normalized spacial score (nSPS) is 13.4. The van der Waals surface area contributed by atoms with E-state index in [1.165, 1.54) is 20.6 Å². The third kappa shape index (κ3) is 4.01. The summed E-state index contributed by atoms with van der Waals surface area (Å²) in [4.78, 5) is 5.71. The number of hydrogen-bond donors (Lipinski definition) is 1. The molecule has 2 nitrogen and oxygen atoms in total. The van der Waals surface area contributed by atoms with E-state index in [1.807, 2.05) is 6.20 Å². The minimum absolute atomic E-state index is 0.311. The molecule has 1 unspecified atom stereocenters. The number of hydrogen-bond acceptors (Lipinski definition) is 3. The van der Waals surface area contributed by atoms with Crippen LogP contribution < -0.4 is 10.5 Å². The highest BCUT2D eigenvalue weighted by atomic mass is 32.1. The van der Waals surface area contributed by atoms with Gasteiger partial charge in [0.1, 0.15) is 5.01 Å². The van der Waals surface area contributed by atoms with Gasteiger partial charge in [-0.25, -0.2) is 4.98 Å². The number of thiazole rings is 1. The smallest absolute Gasteiger partial charge is 0.109 e. The minimum Gasteiger partial charge on any atom is -0.304 e. The molecule has 1 aromatic heterocycles. The number of nitrogens with one attached hydrogen (secondary N) is 1. The highest BCUT2D eigenvalue weighted by Crippen LogP contribution is 2.19. The molecular weight excluding hydrogens is 280 g/mol. The average Bonchev–Trinajstić information content (AvgIpc) is 2.82. The predicted octanol–water partition coefficient (Wildman–Crippen LogP) is 3.85. The maximum absolute atomic E-state index is 4.44. The summed E-state index contributed by atoms with van der Waals surface area (Å²) >= 11 is 1.77. The van der Waals surface area contributed by atoms with E-state index in [0.717, 1.165) is 6.54 Å². The van der Waals surface area contributed by atoms with Gasteiger partial charge in [0.05, 0.1) is 14.1 Å². The van der Waals surface area contributed by atoms with Crippen molar-refractivity contribution in [3.05, 3.63) is 45.9 Å². The van der Waals surface area contributed by atoms with Gasteiger partial charge in [-0.1, -0.05) is 49.1 Å². The molecule has 4 heteroatoms. The van der Waals surface area contributed by atoms with Crippen molar-refractivity contribution in [3.63, 3.8) is 0 Å². The minimum atomic E-state index is -1.18. The zero-order valence-electron chi connectivity index (χ0n) is 13.0. The first-order valence-electron chi connectivity index (χ1n) is 7.11. The van der Waals surface area contributed by atoms with Crippen molar-refractivity contribution >= 4 is 24.6 Å². The highest BCUT2D eigenvalue weighted by molar-refractivity contribution is 7.11. The molecule has 1 heterocycles. The second kappa shape index (κ2) is 6.20. The molecule has 1 atom stereocenters. The number of rotatable bonds is 5. The third-order valence-electron chi connectivity index (χ3n) is 3.44. The lowest BCUT2D eigenvalue weighted by atomic mass is 10.2. The summed E-state index contributed by atoms with van der Waals surface area (Å²) in [5.41, 5.74) is 1.34. The van der Waals surface area contributed by atoms with Crippen molar-refractivity contribution in [1.82, 2.24) is 10.3 Å². The van der Waals surface area contributed by atoms with E-state index >= 15 is 0 Å². The Hall–Kier alpha value is -0.973. The molecule has 0 aliphatic heterocycles. The molecule has 20 heavy (non-hydrogen) atoms. The van der Waals surface area contributed by atoms with E-state index in [-0.39, 0.29) is 0 Å². The molecule has 0 bridgehead atoms. The van der Waals surface area contributed by atoms with E-state index in [1.54, 1.807) is 11.3 Å². The van der Waals surface area contributed by atoms with Gasteiger partial charge in [-0.15, -0.1) is 11.3 Å². The van der Waals surface area contributed by atoms with Gasteiger partial charge >= 0.3 is 0 Å². The topological polar surface area (TPSA) is 24.9 Å². The molecular formula is C16H24N2SSi. The van der Waals surface area contributed by atoms with Gasteiger partial charge in [-0.3, -0.25) is 0 Å². The predicted molar refractivity (Wildman–Crippen MR) is 91.5 cm³/mol. The van der Waals surface area contributed by atoms with E-state index in [9.17, 15) is 0 Å². The van der Waals surface area contributed by atoms with Crippen molar-refractivity contribution in [2.24, 2.45) is 0 Å². The van der Waals surface area contributed by atoms with Crippen LogP contribution in [0.1, 0.15) is 28.4 Å². The summed E-state index contributed by atoms with van der Waals surface area (Å²) < 4.78 is 0. The van der Waals surface area contributed by atoms with Crippen LogP contribution in [0.5, 0.6) is 0 Å². The lowest BCUT2D eigenvalue weighted by Crippen LogP contribution is -2.37. The summed E-state index contributed by atoms with van der Waals surface area (Å²) in [5.74, 6) is 0. The lowest BCUT2D eigenvalue weighted by molar-refractivity contribution is 0.572. The first-order valence-corrected chi connectivity index (χ1v) is 11.4. The molecule has 0 spiro atoms. The fourth-order valence-corrected chi connectivity index (χ4v) is 4.02. The largest absolute Gasteiger partial charge is 0.304 e. The highest BCUT2D eigenvalue weighted by Gasteiger charge is 2.15. The van der Waals surface area contributed by atoms with Crippen LogP contribution in [0.15, 0.2) is 30.5 Å². The fraction of sp³-hybridized carbons (Fsp3) is 0.438. The molecule has 1 N–H and O–H groups in total. The van der Waals surface area contributed by atoms with Gasteiger partial charge in [0.25, 0.3) is 0 Å². The second-order valence-electron chi connectivity index (χ2n) is 6.36. The van der Waals surface area contributed by atoms with E-state index < -0.39 is 8.07 Å². The monoisotopic (exact) mass is 304 g/mol. The molecule has 2 rings (SSSR count). The number of aryl methyl sites for hydroxylation is 1. The molecule has 0 radical (unpaired) electrons. The van der Waals surface area contributed by atoms with Crippen LogP contribution in [-0.2, 0) is 6.54 Å². The van der Waals surface area contributed by atoms with Gasteiger partial charge in [0.2, 0.25) is 0 Å². The second-order valence-corrected chi connectivity index (χ2v) is 12.7. The Morgan fingerprint density at radius 2 is 1.85 bits per heavy atom. The van der Waals surface area contributed by atoms with Gasteiger partial charge in [-0.2, -0.15) is 0 Å². The van der Waals surface area contributed by atoms with Crippen LogP contribution in [-0.4, -0.2) is 13.1 Å². The molecule has 0 aliphatic carbocycles. The Morgan fingerprint density at radius 3 is 2.35 bits per heavy atom. The van der Waals surface area contributed by atoms with E-state index in [4.69, 9.17) is 0 Å². The average molecular weight is 305 g/mol. The Kier molecular flexibility index (Phi) is 4.78. The SMILES string of the molecule is Cc1cnc(C(C)NCc2ccc([Si](C)(C)C)cc2)s1. The van der Waals surface area contributed by atoms with Gasteiger partial charge in [0.15, 0.2) is 0 Å². The Bertz CT molecular complexity index is 555. The van der Waals surface area contributed by atoms with Crippen LogP contribution in [0.3, 0.4) is 0 Å². The summed E-state index contributed by atoms with van der Waals surface area (Å²) in [6.45, 7) is 12.3. The zero-order valence-corrected chi connectivity index (χ0v) is 14.8. The van der Waals surface area contributed by atoms with E-state index in [0.29, 0.717) is 6.04 Å². The van der Waals surface area contributed by atoms with Crippen molar-refractivity contribution in [2.45, 2.75) is 46.1 Å². The lowest BCUT2D eigenvalue weighted by Gasteiger charge is -2.17. The van der Waals surface area contributed by atoms with Crippen LogP contribution in [0.4, 0.5) is 0 Å². The van der Waals surface area contributed by atoms with Crippen LogP contribution in [0.25, 0.3) is 0 Å². The molecule has 2 aromatic rings. The Balaban J connectivity index is 1.94. The van der Waals surface area contributed by atoms with Crippen LogP contribution in [0, 0.1) is 6.92 Å². The van der Waals surface area contributed by atoms with Crippen molar-refractivity contribution < 1.29 is 0 Å². The number of aromatic nitrogens is 1. The van der Waals surface area contributed by atoms with Gasteiger partial charge in [-0.05, 0) is 19.4 Å². The molecule has 0 saturated carbocycles. The Morgan fingerprint density at radius 1 is 1.20 bits per heavy atom. The summed E-state index contributed by atoms with van der Waals surface area (Å²) in [5, 5.41) is 6.23. The zero-order chi connectivity index (χ0) is 14.8. The molecule has 108 valence electrons. The van der Waals surface area contributed by atoms with Crippen molar-refractivity contribution in [1.29, 1.82) is 0 Å². The molecule has 1 aromatic carbocycles. The van der Waals surface area contributed by atoms with E-state index in [2.05, 4.69) is 68.1 Å². The maximum Gasteiger partial charge on any atom is 0.109 e. The molecule has 0 aliphatic rings.